The predicted octanol–water partition coefficient (Wildman–Crippen LogP) is 2.23. The van der Waals surface area contributed by atoms with Crippen LogP contribution in [0.1, 0.15) is 46.1 Å². The van der Waals surface area contributed by atoms with E-state index in [0.717, 1.165) is 41.7 Å². The maximum atomic E-state index is 12.6. The summed E-state index contributed by atoms with van der Waals surface area (Å²) in [5.74, 6) is 0.128. The largest absolute Gasteiger partial charge is 0.370 e. The first kappa shape index (κ1) is 15.5. The van der Waals surface area contributed by atoms with Gasteiger partial charge >= 0.3 is 0 Å². The van der Waals surface area contributed by atoms with Crippen molar-refractivity contribution in [2.24, 2.45) is 0 Å². The van der Waals surface area contributed by atoms with Gasteiger partial charge in [-0.2, -0.15) is 0 Å². The SMILES string of the molecule is Cc1nc(C)c(C(=O)N2CC3(CC(N4CCCCC4)CO3)C2)s1. The molecule has 5 nitrogen and oxygen atoms in total. The van der Waals surface area contributed by atoms with Gasteiger partial charge in [0.05, 0.1) is 30.4 Å². The van der Waals surface area contributed by atoms with E-state index in [2.05, 4.69) is 9.88 Å². The Bertz CT molecular complexity index is 603. The Morgan fingerprint density at radius 3 is 2.65 bits per heavy atom. The maximum Gasteiger partial charge on any atom is 0.266 e. The van der Waals surface area contributed by atoms with Crippen LogP contribution in [0.5, 0.6) is 0 Å². The first-order valence-corrected chi connectivity index (χ1v) is 9.49. The second-order valence-corrected chi connectivity index (χ2v) is 8.46. The molecular formula is C17H25N3O2S. The summed E-state index contributed by atoms with van der Waals surface area (Å²) in [7, 11) is 0. The molecule has 1 atom stereocenters. The average Bonchev–Trinajstić information content (AvgIpc) is 3.10. The van der Waals surface area contributed by atoms with Gasteiger partial charge in [-0.1, -0.05) is 6.42 Å². The van der Waals surface area contributed by atoms with E-state index in [9.17, 15) is 4.79 Å². The van der Waals surface area contributed by atoms with E-state index in [1.54, 1.807) is 0 Å². The summed E-state index contributed by atoms with van der Waals surface area (Å²) in [5.41, 5.74) is 0.780. The summed E-state index contributed by atoms with van der Waals surface area (Å²) in [6.45, 7) is 8.62. The van der Waals surface area contributed by atoms with E-state index in [4.69, 9.17) is 4.74 Å². The molecule has 1 aromatic rings. The Labute approximate surface area is 141 Å². The third kappa shape index (κ3) is 2.81. The predicted molar refractivity (Wildman–Crippen MR) is 90.0 cm³/mol. The zero-order valence-electron chi connectivity index (χ0n) is 14.0. The summed E-state index contributed by atoms with van der Waals surface area (Å²) in [6, 6.07) is 0.555. The molecule has 1 amide bonds. The monoisotopic (exact) mass is 335 g/mol. The zero-order valence-corrected chi connectivity index (χ0v) is 14.8. The molecule has 3 saturated heterocycles. The summed E-state index contributed by atoms with van der Waals surface area (Å²) < 4.78 is 6.15. The van der Waals surface area contributed by atoms with Gasteiger partial charge in [-0.3, -0.25) is 9.69 Å². The number of carbonyl (C=O) groups is 1. The fourth-order valence-corrected chi connectivity index (χ4v) is 5.11. The average molecular weight is 335 g/mol. The first-order valence-electron chi connectivity index (χ1n) is 8.68. The number of carbonyl (C=O) groups excluding carboxylic acids is 1. The Morgan fingerprint density at radius 2 is 2.00 bits per heavy atom. The number of piperidine rings is 1. The van der Waals surface area contributed by atoms with Crippen LogP contribution in [0.15, 0.2) is 0 Å². The molecule has 23 heavy (non-hydrogen) atoms. The van der Waals surface area contributed by atoms with Crippen LogP contribution < -0.4 is 0 Å². The van der Waals surface area contributed by atoms with Crippen LogP contribution >= 0.6 is 11.3 Å². The maximum absolute atomic E-state index is 12.6. The van der Waals surface area contributed by atoms with Crippen LogP contribution in [0.3, 0.4) is 0 Å². The lowest BCUT2D eigenvalue weighted by Crippen LogP contribution is -2.63. The molecule has 1 aromatic heterocycles. The second kappa shape index (κ2) is 5.83. The number of thiazole rings is 1. The molecule has 4 rings (SSSR count). The number of amides is 1. The Balaban J connectivity index is 1.36. The Hall–Kier alpha value is -0.980. The first-order chi connectivity index (χ1) is 11.1. The lowest BCUT2D eigenvalue weighted by atomic mass is 9.88. The van der Waals surface area contributed by atoms with Crippen molar-refractivity contribution in [3.63, 3.8) is 0 Å². The summed E-state index contributed by atoms with van der Waals surface area (Å²) in [4.78, 5) is 22.3. The van der Waals surface area contributed by atoms with Gasteiger partial charge in [-0.15, -0.1) is 11.3 Å². The lowest BCUT2D eigenvalue weighted by molar-refractivity contribution is -0.0949. The minimum absolute atomic E-state index is 0.0780. The van der Waals surface area contributed by atoms with Crippen molar-refractivity contribution in [1.29, 1.82) is 0 Å². The molecule has 0 aromatic carbocycles. The van der Waals surface area contributed by atoms with Crippen LogP contribution in [-0.4, -0.2) is 65.1 Å². The smallest absolute Gasteiger partial charge is 0.266 e. The van der Waals surface area contributed by atoms with Gasteiger partial charge < -0.3 is 9.64 Å². The van der Waals surface area contributed by atoms with Crippen molar-refractivity contribution in [3.05, 3.63) is 15.6 Å². The number of nitrogens with zero attached hydrogens (tertiary/aromatic N) is 3. The van der Waals surface area contributed by atoms with E-state index in [0.29, 0.717) is 6.04 Å². The number of ether oxygens (including phenoxy) is 1. The highest BCUT2D eigenvalue weighted by atomic mass is 32.1. The normalized spacial score (nSPS) is 27.4. The highest BCUT2D eigenvalue weighted by molar-refractivity contribution is 7.13. The summed E-state index contributed by atoms with van der Waals surface area (Å²) >= 11 is 1.50. The van der Waals surface area contributed by atoms with Gasteiger partial charge in [0.2, 0.25) is 0 Å². The summed E-state index contributed by atoms with van der Waals surface area (Å²) in [6.07, 6.45) is 5.08. The number of likely N-dealkylation sites (tertiary alicyclic amines) is 2. The van der Waals surface area contributed by atoms with Crippen LogP contribution in [-0.2, 0) is 4.74 Å². The van der Waals surface area contributed by atoms with Crippen LogP contribution in [0.25, 0.3) is 0 Å². The third-order valence-corrected chi connectivity index (χ3v) is 6.50. The van der Waals surface area contributed by atoms with Gasteiger partial charge in [-0.25, -0.2) is 4.98 Å². The van der Waals surface area contributed by atoms with Crippen molar-refractivity contribution in [2.75, 3.05) is 32.8 Å². The highest BCUT2D eigenvalue weighted by Crippen LogP contribution is 2.38. The van der Waals surface area contributed by atoms with E-state index in [1.807, 2.05) is 18.7 Å². The van der Waals surface area contributed by atoms with Crippen LogP contribution in [0.4, 0.5) is 0 Å². The van der Waals surface area contributed by atoms with Gasteiger partial charge in [0.15, 0.2) is 0 Å². The molecule has 0 N–H and O–H groups in total. The second-order valence-electron chi connectivity index (χ2n) is 7.26. The molecule has 126 valence electrons. The molecule has 4 heterocycles. The molecule has 1 spiro atoms. The molecule has 0 aliphatic carbocycles. The molecule has 6 heteroatoms. The molecular weight excluding hydrogens is 310 g/mol. The standard InChI is InChI=1S/C17H25N3O2S/c1-12-15(23-13(2)18-12)16(21)20-10-17(11-20)8-14(9-22-17)19-6-4-3-5-7-19/h14H,3-11H2,1-2H3. The fraction of sp³-hybridized carbons (Fsp3) is 0.765. The Morgan fingerprint density at radius 1 is 1.26 bits per heavy atom. The number of aromatic nitrogens is 1. The minimum atomic E-state index is -0.0780. The van der Waals surface area contributed by atoms with Crippen molar-refractivity contribution in [1.82, 2.24) is 14.8 Å². The molecule has 0 radical (unpaired) electrons. The van der Waals surface area contributed by atoms with Crippen molar-refractivity contribution >= 4 is 17.2 Å². The number of rotatable bonds is 2. The molecule has 0 bridgehead atoms. The minimum Gasteiger partial charge on any atom is -0.370 e. The van der Waals surface area contributed by atoms with Crippen molar-refractivity contribution < 1.29 is 9.53 Å². The van der Waals surface area contributed by atoms with E-state index < -0.39 is 0 Å². The van der Waals surface area contributed by atoms with E-state index in [1.165, 1.54) is 43.7 Å². The molecule has 3 aliphatic rings. The number of hydrogen-bond acceptors (Lipinski definition) is 5. The zero-order chi connectivity index (χ0) is 16.0. The molecule has 1 unspecified atom stereocenters. The molecule has 0 saturated carbocycles. The number of aryl methyl sites for hydroxylation is 2. The van der Waals surface area contributed by atoms with Crippen molar-refractivity contribution in [3.8, 4) is 0 Å². The van der Waals surface area contributed by atoms with E-state index in [-0.39, 0.29) is 11.5 Å². The van der Waals surface area contributed by atoms with Gasteiger partial charge in [0.25, 0.3) is 5.91 Å². The third-order valence-electron chi connectivity index (χ3n) is 5.44. The Kier molecular flexibility index (Phi) is 3.94. The molecule has 3 fully saturated rings. The quantitative estimate of drug-likeness (QED) is 0.831. The van der Waals surface area contributed by atoms with Crippen LogP contribution in [0, 0.1) is 13.8 Å². The summed E-state index contributed by atoms with van der Waals surface area (Å²) in [5, 5.41) is 0.961. The number of hydrogen-bond donors (Lipinski definition) is 0. The topological polar surface area (TPSA) is 45.7 Å². The fourth-order valence-electron chi connectivity index (χ4n) is 4.22. The highest BCUT2D eigenvalue weighted by Gasteiger charge is 2.52. The van der Waals surface area contributed by atoms with Gasteiger partial charge in [0.1, 0.15) is 10.5 Å². The van der Waals surface area contributed by atoms with Gasteiger partial charge in [-0.05, 0) is 46.2 Å². The lowest BCUT2D eigenvalue weighted by Gasteiger charge is -2.47. The van der Waals surface area contributed by atoms with Crippen LogP contribution in [0.2, 0.25) is 0 Å². The van der Waals surface area contributed by atoms with Crippen molar-refractivity contribution in [2.45, 2.75) is 51.2 Å². The van der Waals surface area contributed by atoms with Gasteiger partial charge in [0, 0.05) is 6.04 Å². The molecule has 3 aliphatic heterocycles. The van der Waals surface area contributed by atoms with E-state index >= 15 is 0 Å².